The van der Waals surface area contributed by atoms with Crippen molar-refractivity contribution < 1.29 is 21.6 Å². The monoisotopic (exact) mass is 352 g/mol. The molecule has 0 aromatic carbocycles. The van der Waals surface area contributed by atoms with E-state index in [9.17, 15) is 21.6 Å². The maximum Gasteiger partial charge on any atom is 0.269 e. The maximum atomic E-state index is 13.0. The van der Waals surface area contributed by atoms with Gasteiger partial charge in [-0.3, -0.25) is 0 Å². The normalized spacial score (nSPS) is 12.1. The van der Waals surface area contributed by atoms with E-state index in [0.29, 0.717) is 0 Å². The molecule has 1 rings (SSSR count). The number of hydrogen-bond acceptors (Lipinski definition) is 3. The summed E-state index contributed by atoms with van der Waals surface area (Å²) < 4.78 is 59.4. The Morgan fingerprint density at radius 3 is 2.40 bits per heavy atom. The molecule has 0 spiro atoms. The third-order valence-electron chi connectivity index (χ3n) is 1.47. The fourth-order valence-corrected chi connectivity index (χ4v) is 2.40. The van der Waals surface area contributed by atoms with E-state index in [4.69, 9.17) is 0 Å². The largest absolute Gasteiger partial charge is 0.269 e. The maximum absolute atomic E-state index is 13.0. The van der Waals surface area contributed by atoms with Crippen LogP contribution in [0.15, 0.2) is 11.0 Å². The van der Waals surface area contributed by atoms with E-state index >= 15 is 0 Å². The lowest BCUT2D eigenvalue weighted by Gasteiger charge is -2.07. The number of halogens is 4. The first-order valence-corrected chi connectivity index (χ1v) is 6.03. The Balaban J connectivity index is 3.62. The van der Waals surface area contributed by atoms with Crippen molar-refractivity contribution in [3.63, 3.8) is 0 Å². The van der Waals surface area contributed by atoms with E-state index in [1.165, 1.54) is 22.6 Å². The summed E-state index contributed by atoms with van der Waals surface area (Å²) in [6, 6.07) is 0.792. The molecule has 0 unspecified atom stereocenters. The Kier molecular flexibility index (Phi) is 3.55. The van der Waals surface area contributed by atoms with Crippen molar-refractivity contribution in [1.82, 2.24) is 4.98 Å². The fraction of sp³-hybridized carbons (Fsp3) is 0.167. The minimum absolute atomic E-state index is 0.0708. The number of alkyl halides is 2. The number of sulfonamides is 1. The number of rotatable bonds is 2. The zero-order chi connectivity index (χ0) is 11.8. The van der Waals surface area contributed by atoms with Crippen LogP contribution in [0.5, 0.6) is 0 Å². The van der Waals surface area contributed by atoms with E-state index in [1.807, 2.05) is 0 Å². The minimum Gasteiger partial charge on any atom is -0.225 e. The molecule has 0 aliphatic heterocycles. The van der Waals surface area contributed by atoms with Crippen molar-refractivity contribution >= 4 is 32.6 Å². The van der Waals surface area contributed by atoms with Crippen molar-refractivity contribution in [3.05, 3.63) is 21.3 Å². The molecule has 0 amide bonds. The van der Waals surface area contributed by atoms with Crippen molar-refractivity contribution in [2.45, 2.75) is 11.3 Å². The lowest BCUT2D eigenvalue weighted by molar-refractivity contribution is 0.141. The van der Waals surface area contributed by atoms with E-state index in [0.717, 1.165) is 6.07 Å². The van der Waals surface area contributed by atoms with Gasteiger partial charge in [0.15, 0.2) is 0 Å². The summed E-state index contributed by atoms with van der Waals surface area (Å²) in [6.07, 6.45) is -3.29. The van der Waals surface area contributed by atoms with Crippen molar-refractivity contribution in [2.24, 2.45) is 5.14 Å². The number of nitrogens with zero attached hydrogens (tertiary/aromatic N) is 1. The second-order valence-electron chi connectivity index (χ2n) is 2.49. The standard InChI is InChI=1S/C6H4F3IN2O2S/c7-5(8)4-2(15(11,13)14)1-3(10)12-6(4)9/h1,5H,(H2,11,13,14). The highest BCUT2D eigenvalue weighted by molar-refractivity contribution is 14.1. The number of nitrogens with two attached hydrogens (primary N) is 1. The molecule has 84 valence electrons. The van der Waals surface area contributed by atoms with Crippen molar-refractivity contribution in [1.29, 1.82) is 0 Å². The summed E-state index contributed by atoms with van der Waals surface area (Å²) in [7, 11) is -4.39. The van der Waals surface area contributed by atoms with Crippen LogP contribution in [0.2, 0.25) is 0 Å². The fourth-order valence-electron chi connectivity index (χ4n) is 0.907. The van der Waals surface area contributed by atoms with Gasteiger partial charge in [-0.2, -0.15) is 4.39 Å². The topological polar surface area (TPSA) is 73.1 Å². The minimum atomic E-state index is -4.39. The molecule has 4 nitrogen and oxygen atoms in total. The summed E-state index contributed by atoms with van der Waals surface area (Å²) in [5.41, 5.74) is -1.29. The molecule has 0 saturated heterocycles. The van der Waals surface area contributed by atoms with Gasteiger partial charge >= 0.3 is 0 Å². The molecule has 0 bridgehead atoms. The van der Waals surface area contributed by atoms with E-state index in [2.05, 4.69) is 10.1 Å². The average molecular weight is 352 g/mol. The Hall–Kier alpha value is -0.420. The van der Waals surface area contributed by atoms with Gasteiger partial charge in [-0.15, -0.1) is 0 Å². The van der Waals surface area contributed by atoms with Gasteiger partial charge < -0.3 is 0 Å². The Labute approximate surface area is 96.9 Å². The number of aromatic nitrogens is 1. The van der Waals surface area contributed by atoms with Crippen LogP contribution in [0.4, 0.5) is 13.2 Å². The lowest BCUT2D eigenvalue weighted by Crippen LogP contribution is -2.17. The number of hydrogen-bond donors (Lipinski definition) is 1. The van der Waals surface area contributed by atoms with Crippen LogP contribution in [0, 0.1) is 9.65 Å². The molecule has 0 aliphatic rings. The Bertz CT molecular complexity index is 491. The molecule has 0 fully saturated rings. The third kappa shape index (κ3) is 2.78. The highest BCUT2D eigenvalue weighted by atomic mass is 127. The second kappa shape index (κ2) is 4.22. The number of primary sulfonamides is 1. The molecular formula is C6H4F3IN2O2S. The van der Waals surface area contributed by atoms with Gasteiger partial charge in [0.1, 0.15) is 3.70 Å². The van der Waals surface area contributed by atoms with E-state index in [1.54, 1.807) is 0 Å². The second-order valence-corrected chi connectivity index (χ2v) is 5.13. The molecule has 2 N–H and O–H groups in total. The summed E-state index contributed by atoms with van der Waals surface area (Å²) >= 11 is 1.50. The van der Waals surface area contributed by atoms with Crippen LogP contribution in [0.1, 0.15) is 12.0 Å². The first-order chi connectivity index (χ1) is 6.73. The first-order valence-electron chi connectivity index (χ1n) is 3.40. The summed E-state index contributed by atoms with van der Waals surface area (Å²) in [4.78, 5) is 2.15. The lowest BCUT2D eigenvalue weighted by atomic mass is 10.3. The zero-order valence-corrected chi connectivity index (χ0v) is 9.89. The van der Waals surface area contributed by atoms with Crippen LogP contribution in [0.25, 0.3) is 0 Å². The van der Waals surface area contributed by atoms with Gasteiger partial charge in [0.25, 0.3) is 6.43 Å². The van der Waals surface area contributed by atoms with Crippen molar-refractivity contribution in [2.75, 3.05) is 0 Å². The van der Waals surface area contributed by atoms with Crippen LogP contribution in [-0.2, 0) is 10.0 Å². The van der Waals surface area contributed by atoms with Gasteiger partial charge in [-0.25, -0.2) is 27.3 Å². The molecule has 9 heteroatoms. The van der Waals surface area contributed by atoms with Gasteiger partial charge in [0, 0.05) is 0 Å². The van der Waals surface area contributed by atoms with Crippen molar-refractivity contribution in [3.8, 4) is 0 Å². The quantitative estimate of drug-likeness (QED) is 0.646. The first kappa shape index (κ1) is 12.6. The zero-order valence-electron chi connectivity index (χ0n) is 6.92. The van der Waals surface area contributed by atoms with E-state index < -0.39 is 32.9 Å². The van der Waals surface area contributed by atoms with Gasteiger partial charge in [-0.05, 0) is 28.7 Å². The molecule has 1 heterocycles. The smallest absolute Gasteiger partial charge is 0.225 e. The van der Waals surface area contributed by atoms with E-state index in [-0.39, 0.29) is 3.70 Å². The van der Waals surface area contributed by atoms with Gasteiger partial charge in [-0.1, -0.05) is 0 Å². The molecule has 0 atom stereocenters. The molecule has 0 aliphatic carbocycles. The third-order valence-corrected chi connectivity index (χ3v) is 2.97. The average Bonchev–Trinajstić information content (AvgIpc) is 1.99. The van der Waals surface area contributed by atoms with Crippen LogP contribution in [0.3, 0.4) is 0 Å². The molecule has 0 radical (unpaired) electrons. The molecule has 15 heavy (non-hydrogen) atoms. The van der Waals surface area contributed by atoms with Crippen LogP contribution < -0.4 is 5.14 Å². The number of pyridine rings is 1. The predicted octanol–water partition coefficient (Wildman–Crippen LogP) is 1.41. The highest BCUT2D eigenvalue weighted by Crippen LogP contribution is 2.28. The Morgan fingerprint density at radius 2 is 2.00 bits per heavy atom. The van der Waals surface area contributed by atoms with Crippen LogP contribution in [-0.4, -0.2) is 13.4 Å². The summed E-state index contributed by atoms with van der Waals surface area (Å²) in [5.74, 6) is -1.53. The predicted molar refractivity (Wildman–Crippen MR) is 53.2 cm³/mol. The molecule has 1 aromatic rings. The SMILES string of the molecule is NS(=O)(=O)c1cc(I)nc(F)c1C(F)F. The molecular weight excluding hydrogens is 348 g/mol. The van der Waals surface area contributed by atoms with Gasteiger partial charge in [0.05, 0.1) is 10.5 Å². The van der Waals surface area contributed by atoms with Gasteiger partial charge in [0.2, 0.25) is 16.0 Å². The van der Waals surface area contributed by atoms with Crippen LogP contribution >= 0.6 is 22.6 Å². The summed E-state index contributed by atoms with van der Waals surface area (Å²) in [6.45, 7) is 0. The molecule has 1 aromatic heterocycles. The summed E-state index contributed by atoms with van der Waals surface area (Å²) in [5, 5.41) is 4.67. The molecule has 0 saturated carbocycles. The highest BCUT2D eigenvalue weighted by Gasteiger charge is 2.26. The Morgan fingerprint density at radius 1 is 1.47 bits per heavy atom.